The minimum atomic E-state index is -0.760. The fraction of sp³-hybridized carbons (Fsp3) is 0.0667. The molecule has 0 bridgehead atoms. The van der Waals surface area contributed by atoms with E-state index in [9.17, 15) is 13.6 Å². The maximum Gasteiger partial charge on any atom is 0.261 e. The second-order valence-corrected chi connectivity index (χ2v) is 5.44. The lowest BCUT2D eigenvalue weighted by molar-refractivity contribution is 0.102. The van der Waals surface area contributed by atoms with Gasteiger partial charge in [-0.15, -0.1) is 0 Å². The molecule has 0 saturated carbocycles. The first-order chi connectivity index (χ1) is 10.6. The van der Waals surface area contributed by atoms with Crippen molar-refractivity contribution in [3.8, 4) is 5.75 Å². The Bertz CT molecular complexity index is 864. The topological polar surface area (TPSA) is 51.2 Å². The van der Waals surface area contributed by atoms with Crippen LogP contribution in [0.2, 0.25) is 0 Å². The van der Waals surface area contributed by atoms with Crippen LogP contribution in [0.1, 0.15) is 10.4 Å². The summed E-state index contributed by atoms with van der Waals surface area (Å²) in [4.78, 5) is 16.2. The van der Waals surface area contributed by atoms with Crippen molar-refractivity contribution >= 4 is 32.6 Å². The zero-order valence-corrected chi connectivity index (χ0v) is 12.2. The normalized spacial score (nSPS) is 10.7. The van der Waals surface area contributed by atoms with Crippen molar-refractivity contribution in [1.82, 2.24) is 4.98 Å². The molecule has 1 aromatic heterocycles. The lowest BCUT2D eigenvalue weighted by Crippen LogP contribution is -2.12. The van der Waals surface area contributed by atoms with Crippen molar-refractivity contribution in [1.29, 1.82) is 0 Å². The van der Waals surface area contributed by atoms with Crippen LogP contribution in [0.3, 0.4) is 0 Å². The third kappa shape index (κ3) is 2.62. The van der Waals surface area contributed by atoms with Crippen LogP contribution >= 0.6 is 11.3 Å². The lowest BCUT2D eigenvalue weighted by Gasteiger charge is -2.06. The Kier molecular flexibility index (Phi) is 3.72. The zero-order chi connectivity index (χ0) is 15.7. The standard InChI is InChI=1S/C15H10F2N2O2S/c1-21-11-5-3-2-4-9(11)14(20)19-15-18-13-10(17)6-8(16)7-12(13)22-15/h2-7H,1H3,(H,18,19,20). The molecule has 1 amide bonds. The Morgan fingerprint density at radius 2 is 2.05 bits per heavy atom. The van der Waals surface area contributed by atoms with Gasteiger partial charge < -0.3 is 4.74 Å². The number of methoxy groups -OCH3 is 1. The number of nitrogens with zero attached hydrogens (tertiary/aromatic N) is 1. The highest BCUT2D eigenvalue weighted by molar-refractivity contribution is 7.22. The number of para-hydroxylation sites is 1. The van der Waals surface area contributed by atoms with Crippen LogP contribution in [0.25, 0.3) is 10.2 Å². The number of fused-ring (bicyclic) bond motifs is 1. The minimum absolute atomic E-state index is 0.0294. The lowest BCUT2D eigenvalue weighted by atomic mass is 10.2. The summed E-state index contributed by atoms with van der Waals surface area (Å²) in [5.41, 5.74) is 0.359. The molecule has 3 rings (SSSR count). The highest BCUT2D eigenvalue weighted by atomic mass is 32.1. The van der Waals surface area contributed by atoms with Crippen LogP contribution in [-0.2, 0) is 0 Å². The number of halogens is 2. The van der Waals surface area contributed by atoms with E-state index in [1.807, 2.05) is 0 Å². The number of anilines is 1. The van der Waals surface area contributed by atoms with Crippen molar-refractivity contribution in [2.24, 2.45) is 0 Å². The average Bonchev–Trinajstić information content (AvgIpc) is 2.89. The molecule has 0 radical (unpaired) electrons. The van der Waals surface area contributed by atoms with Crippen LogP contribution in [-0.4, -0.2) is 18.0 Å². The number of ether oxygens (including phenoxy) is 1. The summed E-state index contributed by atoms with van der Waals surface area (Å²) in [6.45, 7) is 0. The van der Waals surface area contributed by atoms with Gasteiger partial charge in [-0.2, -0.15) is 0 Å². The molecule has 2 aromatic carbocycles. The van der Waals surface area contributed by atoms with Crippen molar-refractivity contribution < 1.29 is 18.3 Å². The van der Waals surface area contributed by atoms with Crippen LogP contribution in [0, 0.1) is 11.6 Å². The number of rotatable bonds is 3. The van der Waals surface area contributed by atoms with Gasteiger partial charge in [-0.25, -0.2) is 13.8 Å². The number of carbonyl (C=O) groups excluding carboxylic acids is 1. The quantitative estimate of drug-likeness (QED) is 0.798. The Morgan fingerprint density at radius 1 is 1.27 bits per heavy atom. The molecule has 0 aliphatic rings. The molecule has 7 heteroatoms. The number of aromatic nitrogens is 1. The van der Waals surface area contributed by atoms with E-state index in [1.165, 1.54) is 13.2 Å². The van der Waals surface area contributed by atoms with Gasteiger partial charge in [0.25, 0.3) is 5.91 Å². The summed E-state index contributed by atoms with van der Waals surface area (Å²) in [6, 6.07) is 8.63. The molecule has 0 aliphatic heterocycles. The summed E-state index contributed by atoms with van der Waals surface area (Å²) in [5, 5.41) is 2.76. The zero-order valence-electron chi connectivity index (χ0n) is 11.4. The summed E-state index contributed by atoms with van der Waals surface area (Å²) in [7, 11) is 1.46. The largest absolute Gasteiger partial charge is 0.496 e. The van der Waals surface area contributed by atoms with Gasteiger partial charge in [0, 0.05) is 6.07 Å². The van der Waals surface area contributed by atoms with E-state index in [1.54, 1.807) is 24.3 Å². The Morgan fingerprint density at radius 3 is 2.82 bits per heavy atom. The Hall–Kier alpha value is -2.54. The summed E-state index contributed by atoms with van der Waals surface area (Å²) in [5.74, 6) is -1.46. The molecule has 3 aromatic rings. The predicted molar refractivity (Wildman–Crippen MR) is 80.5 cm³/mol. The molecular formula is C15H10F2N2O2S. The highest BCUT2D eigenvalue weighted by Crippen LogP contribution is 2.29. The molecule has 1 heterocycles. The van der Waals surface area contributed by atoms with Crippen LogP contribution < -0.4 is 10.1 Å². The average molecular weight is 320 g/mol. The van der Waals surface area contributed by atoms with Gasteiger partial charge >= 0.3 is 0 Å². The Balaban J connectivity index is 1.93. The smallest absolute Gasteiger partial charge is 0.261 e. The molecule has 0 spiro atoms. The summed E-state index contributed by atoms with van der Waals surface area (Å²) < 4.78 is 32.2. The van der Waals surface area contributed by atoms with Gasteiger partial charge in [0.15, 0.2) is 10.9 Å². The number of benzene rings is 2. The monoisotopic (exact) mass is 320 g/mol. The number of hydrogen-bond acceptors (Lipinski definition) is 4. The molecule has 112 valence electrons. The highest BCUT2D eigenvalue weighted by Gasteiger charge is 2.15. The van der Waals surface area contributed by atoms with Crippen molar-refractivity contribution in [3.05, 3.63) is 53.6 Å². The molecule has 22 heavy (non-hydrogen) atoms. The molecule has 1 N–H and O–H groups in total. The van der Waals surface area contributed by atoms with Crippen LogP contribution in [0.15, 0.2) is 36.4 Å². The molecule has 0 unspecified atom stereocenters. The SMILES string of the molecule is COc1ccccc1C(=O)Nc1nc2c(F)cc(F)cc2s1. The summed E-state index contributed by atoms with van der Waals surface area (Å²) in [6.07, 6.45) is 0. The third-order valence-corrected chi connectivity index (χ3v) is 3.90. The predicted octanol–water partition coefficient (Wildman–Crippen LogP) is 3.84. The molecule has 0 atom stereocenters. The number of carbonyl (C=O) groups is 1. The third-order valence-electron chi connectivity index (χ3n) is 2.99. The van der Waals surface area contributed by atoms with Gasteiger partial charge in [-0.3, -0.25) is 10.1 Å². The van der Waals surface area contributed by atoms with Gasteiger partial charge in [0.1, 0.15) is 17.1 Å². The van der Waals surface area contributed by atoms with Gasteiger partial charge in [-0.05, 0) is 18.2 Å². The van der Waals surface area contributed by atoms with E-state index in [0.717, 1.165) is 17.4 Å². The molecular weight excluding hydrogens is 310 g/mol. The first-order valence-electron chi connectivity index (χ1n) is 6.28. The number of thiazole rings is 1. The number of hydrogen-bond donors (Lipinski definition) is 1. The molecule has 0 aliphatic carbocycles. The van der Waals surface area contributed by atoms with Gasteiger partial charge in [0.2, 0.25) is 0 Å². The van der Waals surface area contributed by atoms with E-state index in [-0.39, 0.29) is 10.6 Å². The molecule has 0 saturated heterocycles. The number of amides is 1. The Labute approximate surface area is 128 Å². The van der Waals surface area contributed by atoms with Crippen molar-refractivity contribution in [2.45, 2.75) is 0 Å². The van der Waals surface area contributed by atoms with E-state index >= 15 is 0 Å². The van der Waals surface area contributed by atoms with Crippen LogP contribution in [0.4, 0.5) is 13.9 Å². The van der Waals surface area contributed by atoms with Crippen molar-refractivity contribution in [3.63, 3.8) is 0 Å². The van der Waals surface area contributed by atoms with E-state index < -0.39 is 17.5 Å². The maximum absolute atomic E-state index is 13.6. The van der Waals surface area contributed by atoms with Crippen molar-refractivity contribution in [2.75, 3.05) is 12.4 Å². The van der Waals surface area contributed by atoms with Gasteiger partial charge in [-0.1, -0.05) is 23.5 Å². The first-order valence-corrected chi connectivity index (χ1v) is 7.10. The molecule has 4 nitrogen and oxygen atoms in total. The first kappa shape index (κ1) is 14.4. The van der Waals surface area contributed by atoms with Crippen LogP contribution in [0.5, 0.6) is 5.75 Å². The van der Waals surface area contributed by atoms with E-state index in [0.29, 0.717) is 16.0 Å². The van der Waals surface area contributed by atoms with E-state index in [4.69, 9.17) is 4.74 Å². The van der Waals surface area contributed by atoms with E-state index in [2.05, 4.69) is 10.3 Å². The van der Waals surface area contributed by atoms with Gasteiger partial charge in [0.05, 0.1) is 17.4 Å². The fourth-order valence-electron chi connectivity index (χ4n) is 2.01. The summed E-state index contributed by atoms with van der Waals surface area (Å²) >= 11 is 0.998. The maximum atomic E-state index is 13.6. The fourth-order valence-corrected chi connectivity index (χ4v) is 2.91. The number of nitrogens with one attached hydrogen (secondary N) is 1. The molecule has 0 fully saturated rings. The second kappa shape index (κ2) is 5.69. The minimum Gasteiger partial charge on any atom is -0.496 e. The second-order valence-electron chi connectivity index (χ2n) is 4.41.